The molecule has 0 bridgehead atoms. The zero-order chi connectivity index (χ0) is 14.2. The van der Waals surface area contributed by atoms with E-state index in [1.807, 2.05) is 19.9 Å². The first-order valence-electron chi connectivity index (χ1n) is 6.38. The number of hydrogen-bond donors (Lipinski definition) is 2. The lowest BCUT2D eigenvalue weighted by Crippen LogP contribution is -2.54. The highest BCUT2D eigenvalue weighted by Gasteiger charge is 2.48. The molecule has 0 radical (unpaired) electrons. The second kappa shape index (κ2) is 4.68. The van der Waals surface area contributed by atoms with Crippen LogP contribution in [0.4, 0.5) is 0 Å². The minimum absolute atomic E-state index is 0.0365. The molecule has 0 aliphatic heterocycles. The molecule has 0 saturated heterocycles. The van der Waals surface area contributed by atoms with Gasteiger partial charge < -0.3 is 10.4 Å². The van der Waals surface area contributed by atoms with Crippen LogP contribution in [-0.4, -0.2) is 32.3 Å². The number of rotatable bonds is 5. The van der Waals surface area contributed by atoms with Crippen molar-refractivity contribution in [1.29, 1.82) is 0 Å². The molecule has 1 atom stereocenters. The fraction of sp³-hybridized carbons (Fsp3) is 0.615. The summed E-state index contributed by atoms with van der Waals surface area (Å²) >= 11 is 0. The fourth-order valence-electron chi connectivity index (χ4n) is 2.29. The van der Waals surface area contributed by atoms with Gasteiger partial charge in [0.15, 0.2) is 0 Å². The Morgan fingerprint density at radius 2 is 2.16 bits per heavy atom. The van der Waals surface area contributed by atoms with Gasteiger partial charge in [0.05, 0.1) is 5.69 Å². The number of hydrogen-bond acceptors (Lipinski definition) is 3. The molecule has 1 aromatic heterocycles. The van der Waals surface area contributed by atoms with Gasteiger partial charge in [-0.2, -0.15) is 5.10 Å². The number of amides is 1. The van der Waals surface area contributed by atoms with Gasteiger partial charge in [0.1, 0.15) is 12.1 Å². The van der Waals surface area contributed by atoms with Crippen molar-refractivity contribution in [2.45, 2.75) is 45.7 Å². The largest absolute Gasteiger partial charge is 0.480 e. The Kier molecular flexibility index (Phi) is 3.34. The summed E-state index contributed by atoms with van der Waals surface area (Å²) in [7, 11) is 0. The number of nitrogens with zero attached hydrogens (tertiary/aromatic N) is 2. The summed E-state index contributed by atoms with van der Waals surface area (Å²) in [6.07, 6.45) is 1.70. The van der Waals surface area contributed by atoms with E-state index in [2.05, 4.69) is 10.4 Å². The summed E-state index contributed by atoms with van der Waals surface area (Å²) < 4.78 is 1.58. The quantitative estimate of drug-likeness (QED) is 0.827. The highest BCUT2D eigenvalue weighted by molar-refractivity contribution is 5.87. The van der Waals surface area contributed by atoms with Crippen LogP contribution in [0.2, 0.25) is 0 Å². The molecule has 104 valence electrons. The number of aryl methyl sites for hydroxylation is 2. The maximum atomic E-state index is 12.0. The average Bonchev–Trinajstić information content (AvgIpc) is 3.07. The third-order valence-electron chi connectivity index (χ3n) is 3.63. The standard InChI is InChI=1S/C13H19N3O3/c1-8-6-9(2)16(15-8)7-11(17)14-13(3,12(18)19)10-4-5-10/h6,10H,4-5,7H2,1-3H3,(H,14,17)(H,18,19)/t13-/m1/s1. The first-order valence-corrected chi connectivity index (χ1v) is 6.38. The number of nitrogens with one attached hydrogen (secondary N) is 1. The van der Waals surface area contributed by atoms with E-state index in [9.17, 15) is 14.7 Å². The molecule has 6 heteroatoms. The molecule has 0 aromatic carbocycles. The predicted octanol–water partition coefficient (Wildman–Crippen LogP) is 0.869. The molecular formula is C13H19N3O3. The summed E-state index contributed by atoms with van der Waals surface area (Å²) in [5.74, 6) is -1.26. The minimum atomic E-state index is -1.16. The molecule has 1 saturated carbocycles. The van der Waals surface area contributed by atoms with Crippen LogP contribution < -0.4 is 5.32 Å². The Labute approximate surface area is 111 Å². The van der Waals surface area contributed by atoms with Gasteiger partial charge in [0, 0.05) is 5.69 Å². The van der Waals surface area contributed by atoms with Gasteiger partial charge in [-0.25, -0.2) is 4.79 Å². The molecule has 1 aliphatic carbocycles. The van der Waals surface area contributed by atoms with Crippen molar-refractivity contribution in [3.8, 4) is 0 Å². The third-order valence-corrected chi connectivity index (χ3v) is 3.63. The summed E-state index contributed by atoms with van der Waals surface area (Å²) in [5.41, 5.74) is 0.567. The van der Waals surface area contributed by atoms with Crippen LogP contribution in [0.25, 0.3) is 0 Å². The van der Waals surface area contributed by atoms with Crippen molar-refractivity contribution in [1.82, 2.24) is 15.1 Å². The first kappa shape index (κ1) is 13.6. The van der Waals surface area contributed by atoms with Crippen LogP contribution in [0.5, 0.6) is 0 Å². The summed E-state index contributed by atoms with van der Waals surface area (Å²) in [6.45, 7) is 5.35. The van der Waals surface area contributed by atoms with E-state index in [0.29, 0.717) is 0 Å². The molecular weight excluding hydrogens is 246 g/mol. The van der Waals surface area contributed by atoms with E-state index in [1.54, 1.807) is 11.6 Å². The highest BCUT2D eigenvalue weighted by Crippen LogP contribution is 2.39. The van der Waals surface area contributed by atoms with Crippen LogP contribution in [0.1, 0.15) is 31.2 Å². The molecule has 2 rings (SSSR count). The van der Waals surface area contributed by atoms with Gasteiger partial charge in [-0.15, -0.1) is 0 Å². The smallest absolute Gasteiger partial charge is 0.329 e. The molecule has 0 spiro atoms. The minimum Gasteiger partial charge on any atom is -0.480 e. The van der Waals surface area contributed by atoms with Crippen molar-refractivity contribution in [3.63, 3.8) is 0 Å². The number of carboxylic acids is 1. The predicted molar refractivity (Wildman–Crippen MR) is 68.6 cm³/mol. The summed E-state index contributed by atoms with van der Waals surface area (Å²) in [4.78, 5) is 23.3. The second-order valence-corrected chi connectivity index (χ2v) is 5.41. The molecule has 1 amide bonds. The normalized spacial score (nSPS) is 17.8. The van der Waals surface area contributed by atoms with Gasteiger partial charge in [0.2, 0.25) is 5.91 Å². The molecule has 1 heterocycles. The lowest BCUT2D eigenvalue weighted by Gasteiger charge is -2.26. The van der Waals surface area contributed by atoms with Gasteiger partial charge in [-0.1, -0.05) is 0 Å². The van der Waals surface area contributed by atoms with E-state index < -0.39 is 11.5 Å². The number of carbonyl (C=O) groups is 2. The van der Waals surface area contributed by atoms with Crippen LogP contribution in [0.15, 0.2) is 6.07 Å². The van der Waals surface area contributed by atoms with E-state index >= 15 is 0 Å². The van der Waals surface area contributed by atoms with Gasteiger partial charge >= 0.3 is 5.97 Å². The first-order chi connectivity index (χ1) is 8.83. The maximum Gasteiger partial charge on any atom is 0.329 e. The average molecular weight is 265 g/mol. The molecule has 1 aromatic rings. The van der Waals surface area contributed by atoms with Crippen molar-refractivity contribution in [3.05, 3.63) is 17.5 Å². The Morgan fingerprint density at radius 1 is 1.53 bits per heavy atom. The van der Waals surface area contributed by atoms with Crippen LogP contribution >= 0.6 is 0 Å². The van der Waals surface area contributed by atoms with Crippen molar-refractivity contribution < 1.29 is 14.7 Å². The maximum absolute atomic E-state index is 12.0. The monoisotopic (exact) mass is 265 g/mol. The Balaban J connectivity index is 2.04. The summed E-state index contributed by atoms with van der Waals surface area (Å²) in [6, 6.07) is 1.88. The molecule has 1 fully saturated rings. The number of carboxylic acid groups (broad SMARTS) is 1. The topological polar surface area (TPSA) is 84.2 Å². The van der Waals surface area contributed by atoms with E-state index in [0.717, 1.165) is 24.2 Å². The van der Waals surface area contributed by atoms with Gasteiger partial charge in [-0.05, 0) is 45.6 Å². The molecule has 0 unspecified atom stereocenters. The molecule has 6 nitrogen and oxygen atoms in total. The zero-order valence-electron chi connectivity index (χ0n) is 11.4. The van der Waals surface area contributed by atoms with Gasteiger partial charge in [0.25, 0.3) is 0 Å². The van der Waals surface area contributed by atoms with Crippen LogP contribution in [0, 0.1) is 19.8 Å². The third kappa shape index (κ3) is 2.77. The van der Waals surface area contributed by atoms with Crippen molar-refractivity contribution in [2.75, 3.05) is 0 Å². The second-order valence-electron chi connectivity index (χ2n) is 5.41. The summed E-state index contributed by atoms with van der Waals surface area (Å²) in [5, 5.41) is 16.1. The Hall–Kier alpha value is -1.85. The van der Waals surface area contributed by atoms with Gasteiger partial charge in [-0.3, -0.25) is 9.48 Å². The van der Waals surface area contributed by atoms with E-state index in [4.69, 9.17) is 0 Å². The van der Waals surface area contributed by atoms with E-state index in [1.165, 1.54) is 0 Å². The lowest BCUT2D eigenvalue weighted by atomic mass is 9.96. The number of aliphatic carboxylic acids is 1. The Morgan fingerprint density at radius 3 is 2.58 bits per heavy atom. The van der Waals surface area contributed by atoms with Crippen LogP contribution in [-0.2, 0) is 16.1 Å². The van der Waals surface area contributed by atoms with Crippen LogP contribution in [0.3, 0.4) is 0 Å². The molecule has 1 aliphatic rings. The SMILES string of the molecule is Cc1cc(C)n(CC(=O)N[C@@](C)(C(=O)O)C2CC2)n1. The molecule has 19 heavy (non-hydrogen) atoms. The Bertz CT molecular complexity index is 519. The van der Waals surface area contributed by atoms with Crippen molar-refractivity contribution >= 4 is 11.9 Å². The van der Waals surface area contributed by atoms with E-state index in [-0.39, 0.29) is 18.4 Å². The number of carbonyl (C=O) groups excluding carboxylic acids is 1. The molecule has 2 N–H and O–H groups in total. The highest BCUT2D eigenvalue weighted by atomic mass is 16.4. The zero-order valence-corrected chi connectivity index (χ0v) is 11.4. The lowest BCUT2D eigenvalue weighted by molar-refractivity contribution is -0.148. The van der Waals surface area contributed by atoms with Crippen molar-refractivity contribution in [2.24, 2.45) is 5.92 Å². The fourth-order valence-corrected chi connectivity index (χ4v) is 2.29. The number of aromatic nitrogens is 2.